The van der Waals surface area contributed by atoms with Crippen LogP contribution in [0.2, 0.25) is 0 Å². The van der Waals surface area contributed by atoms with Gasteiger partial charge in [-0.15, -0.1) is 0 Å². The Balaban J connectivity index is 2.21. The maximum absolute atomic E-state index is 6.09. The molecule has 112 valence electrons. The third kappa shape index (κ3) is 3.15. The molecule has 1 aliphatic rings. The van der Waals surface area contributed by atoms with Gasteiger partial charge in [0.15, 0.2) is 0 Å². The summed E-state index contributed by atoms with van der Waals surface area (Å²) in [5.74, 6) is 2.37. The van der Waals surface area contributed by atoms with E-state index in [1.807, 2.05) is 12.1 Å². The molecule has 0 aliphatic carbocycles. The fourth-order valence-corrected chi connectivity index (χ4v) is 3.46. The van der Waals surface area contributed by atoms with Crippen LogP contribution in [0.3, 0.4) is 0 Å². The second-order valence-electron chi connectivity index (χ2n) is 6.28. The number of nitrogens with two attached hydrogens (primary N) is 1. The van der Waals surface area contributed by atoms with Crippen molar-refractivity contribution in [3.8, 4) is 5.75 Å². The predicted octanol–water partition coefficient (Wildman–Crippen LogP) is 3.06. The number of hydrogen-bond donors (Lipinski definition) is 1. The molecular formula is C17H28N2O. The van der Waals surface area contributed by atoms with Gasteiger partial charge >= 0.3 is 0 Å². The molecule has 0 aromatic heterocycles. The molecule has 1 aliphatic heterocycles. The highest BCUT2D eigenvalue weighted by Crippen LogP contribution is 2.33. The second-order valence-corrected chi connectivity index (χ2v) is 6.28. The van der Waals surface area contributed by atoms with E-state index in [2.05, 4.69) is 37.8 Å². The molecule has 4 unspecified atom stereocenters. The lowest BCUT2D eigenvalue weighted by atomic mass is 9.84. The Morgan fingerprint density at radius 2 is 1.90 bits per heavy atom. The molecule has 4 atom stereocenters. The molecule has 1 aromatic carbocycles. The minimum Gasteiger partial charge on any atom is -0.497 e. The van der Waals surface area contributed by atoms with Gasteiger partial charge in [-0.25, -0.2) is 0 Å². The van der Waals surface area contributed by atoms with Crippen molar-refractivity contribution in [2.75, 3.05) is 20.2 Å². The number of ether oxygens (including phenoxy) is 1. The van der Waals surface area contributed by atoms with Crippen LogP contribution in [0, 0.1) is 11.8 Å². The number of nitrogens with zero attached hydrogens (tertiary/aromatic N) is 1. The zero-order valence-corrected chi connectivity index (χ0v) is 13.2. The van der Waals surface area contributed by atoms with Crippen LogP contribution >= 0.6 is 0 Å². The summed E-state index contributed by atoms with van der Waals surface area (Å²) in [6.07, 6.45) is 1.32. The molecule has 0 radical (unpaired) electrons. The van der Waals surface area contributed by atoms with E-state index in [0.717, 1.165) is 24.1 Å². The molecular weight excluding hydrogens is 248 g/mol. The molecule has 2 N–H and O–H groups in total. The van der Waals surface area contributed by atoms with Gasteiger partial charge in [0.05, 0.1) is 7.11 Å². The first-order chi connectivity index (χ1) is 9.56. The van der Waals surface area contributed by atoms with Crippen LogP contribution in [-0.4, -0.2) is 31.1 Å². The normalized spacial score (nSPS) is 29.1. The van der Waals surface area contributed by atoms with Crippen LogP contribution in [-0.2, 0) is 0 Å². The maximum Gasteiger partial charge on any atom is 0.118 e. The summed E-state index contributed by atoms with van der Waals surface area (Å²) in [5.41, 5.74) is 7.38. The van der Waals surface area contributed by atoms with Crippen molar-refractivity contribution in [3.05, 3.63) is 29.8 Å². The van der Waals surface area contributed by atoms with Gasteiger partial charge in [-0.3, -0.25) is 4.90 Å². The number of hydrogen-bond acceptors (Lipinski definition) is 3. The maximum atomic E-state index is 6.09. The fraction of sp³-hybridized carbons (Fsp3) is 0.647. The highest BCUT2D eigenvalue weighted by molar-refractivity contribution is 5.29. The average molecular weight is 276 g/mol. The fourth-order valence-electron chi connectivity index (χ4n) is 3.46. The van der Waals surface area contributed by atoms with E-state index in [1.54, 1.807) is 7.11 Å². The Bertz CT molecular complexity index is 418. The topological polar surface area (TPSA) is 38.5 Å². The number of piperidine rings is 1. The molecule has 3 nitrogen and oxygen atoms in total. The van der Waals surface area contributed by atoms with Crippen molar-refractivity contribution in [3.63, 3.8) is 0 Å². The first-order valence-electron chi connectivity index (χ1n) is 7.66. The number of rotatable bonds is 4. The Morgan fingerprint density at radius 1 is 1.25 bits per heavy atom. The van der Waals surface area contributed by atoms with E-state index in [4.69, 9.17) is 10.5 Å². The van der Waals surface area contributed by atoms with Crippen LogP contribution < -0.4 is 10.5 Å². The van der Waals surface area contributed by atoms with Crippen LogP contribution in [0.15, 0.2) is 24.3 Å². The summed E-state index contributed by atoms with van der Waals surface area (Å²) in [6, 6.07) is 9.24. The molecule has 1 heterocycles. The number of likely N-dealkylation sites (tertiary alicyclic amines) is 1. The van der Waals surface area contributed by atoms with E-state index in [0.29, 0.717) is 18.6 Å². The molecule has 2 rings (SSSR count). The first kappa shape index (κ1) is 15.3. The third-order valence-corrected chi connectivity index (χ3v) is 4.77. The van der Waals surface area contributed by atoms with Gasteiger partial charge in [-0.05, 0) is 42.9 Å². The molecule has 1 fully saturated rings. The lowest BCUT2D eigenvalue weighted by Gasteiger charge is -2.45. The van der Waals surface area contributed by atoms with Crippen LogP contribution in [0.4, 0.5) is 0 Å². The summed E-state index contributed by atoms with van der Waals surface area (Å²) in [5, 5.41) is 0. The van der Waals surface area contributed by atoms with Gasteiger partial charge < -0.3 is 10.5 Å². The molecule has 0 saturated carbocycles. The van der Waals surface area contributed by atoms with Crippen molar-refractivity contribution < 1.29 is 4.74 Å². The Hall–Kier alpha value is -1.06. The van der Waals surface area contributed by atoms with Gasteiger partial charge in [0.1, 0.15) is 5.75 Å². The van der Waals surface area contributed by atoms with E-state index in [1.165, 1.54) is 12.0 Å². The summed E-state index contributed by atoms with van der Waals surface area (Å²) in [6.45, 7) is 8.84. The highest BCUT2D eigenvalue weighted by atomic mass is 16.5. The van der Waals surface area contributed by atoms with Crippen molar-refractivity contribution in [2.24, 2.45) is 17.6 Å². The van der Waals surface area contributed by atoms with E-state index < -0.39 is 0 Å². The molecule has 0 spiro atoms. The zero-order valence-electron chi connectivity index (χ0n) is 13.2. The van der Waals surface area contributed by atoms with Crippen molar-refractivity contribution in [2.45, 2.75) is 39.3 Å². The minimum absolute atomic E-state index is 0.307. The SMILES string of the molecule is COc1ccc(C(CN)N2CC(C)CC(C)C2C)cc1. The number of methoxy groups -OCH3 is 1. The zero-order chi connectivity index (χ0) is 14.7. The summed E-state index contributed by atoms with van der Waals surface area (Å²) in [4.78, 5) is 2.58. The van der Waals surface area contributed by atoms with Crippen molar-refractivity contribution in [1.82, 2.24) is 4.90 Å². The molecule has 20 heavy (non-hydrogen) atoms. The minimum atomic E-state index is 0.307. The second kappa shape index (κ2) is 6.59. The standard InChI is InChI=1S/C17H28N2O/c1-12-9-13(2)14(3)19(11-12)17(10-18)15-5-7-16(20-4)8-6-15/h5-8,12-14,17H,9-11,18H2,1-4H3. The molecule has 3 heteroatoms. The Labute approximate surface area is 123 Å². The first-order valence-corrected chi connectivity index (χ1v) is 7.66. The summed E-state index contributed by atoms with van der Waals surface area (Å²) >= 11 is 0. The molecule has 1 aromatic rings. The third-order valence-electron chi connectivity index (χ3n) is 4.77. The average Bonchev–Trinajstić information content (AvgIpc) is 2.45. The van der Waals surface area contributed by atoms with Crippen molar-refractivity contribution >= 4 is 0 Å². The monoisotopic (exact) mass is 276 g/mol. The van der Waals surface area contributed by atoms with Crippen LogP contribution in [0.5, 0.6) is 5.75 Å². The van der Waals surface area contributed by atoms with Crippen LogP contribution in [0.25, 0.3) is 0 Å². The van der Waals surface area contributed by atoms with Gasteiger partial charge in [-0.2, -0.15) is 0 Å². The Kier molecular flexibility index (Phi) is 5.06. The lowest BCUT2D eigenvalue weighted by Crippen LogP contribution is -2.49. The van der Waals surface area contributed by atoms with E-state index >= 15 is 0 Å². The molecule has 1 saturated heterocycles. The molecule has 0 bridgehead atoms. The summed E-state index contributed by atoms with van der Waals surface area (Å²) < 4.78 is 5.24. The Morgan fingerprint density at radius 3 is 2.45 bits per heavy atom. The van der Waals surface area contributed by atoms with Crippen LogP contribution in [0.1, 0.15) is 38.8 Å². The van der Waals surface area contributed by atoms with Crippen molar-refractivity contribution in [1.29, 1.82) is 0 Å². The molecule has 0 amide bonds. The van der Waals surface area contributed by atoms with Gasteiger partial charge in [-0.1, -0.05) is 26.0 Å². The lowest BCUT2D eigenvalue weighted by molar-refractivity contribution is 0.0424. The summed E-state index contributed by atoms with van der Waals surface area (Å²) in [7, 11) is 1.70. The largest absolute Gasteiger partial charge is 0.497 e. The highest BCUT2D eigenvalue weighted by Gasteiger charge is 2.33. The smallest absolute Gasteiger partial charge is 0.118 e. The van der Waals surface area contributed by atoms with E-state index in [9.17, 15) is 0 Å². The van der Waals surface area contributed by atoms with Gasteiger partial charge in [0, 0.05) is 25.2 Å². The predicted molar refractivity (Wildman–Crippen MR) is 83.9 cm³/mol. The quantitative estimate of drug-likeness (QED) is 0.918. The van der Waals surface area contributed by atoms with Gasteiger partial charge in [0.25, 0.3) is 0 Å². The van der Waals surface area contributed by atoms with E-state index in [-0.39, 0.29) is 0 Å². The van der Waals surface area contributed by atoms with Gasteiger partial charge in [0.2, 0.25) is 0 Å². The number of benzene rings is 1.